The molecule has 0 saturated heterocycles. The highest BCUT2D eigenvalue weighted by Gasteiger charge is 2.19. The van der Waals surface area contributed by atoms with Crippen molar-refractivity contribution >= 4 is 17.9 Å². The first kappa shape index (κ1) is 57.8. The lowest BCUT2D eigenvalue weighted by atomic mass is 10.1. The van der Waals surface area contributed by atoms with Crippen molar-refractivity contribution in [1.29, 1.82) is 0 Å². The van der Waals surface area contributed by atoms with Crippen LogP contribution >= 0.6 is 0 Å². The molecule has 0 amide bonds. The number of rotatable bonds is 42. The van der Waals surface area contributed by atoms with E-state index in [1.54, 1.807) is 0 Å². The summed E-state index contributed by atoms with van der Waals surface area (Å²) in [5.74, 6) is -1.05. The van der Waals surface area contributed by atoms with Crippen LogP contribution in [0.1, 0.15) is 194 Å². The van der Waals surface area contributed by atoms with E-state index in [9.17, 15) is 14.4 Å². The van der Waals surface area contributed by atoms with Crippen molar-refractivity contribution in [2.75, 3.05) is 13.2 Å². The molecule has 0 aromatic rings. The van der Waals surface area contributed by atoms with Gasteiger partial charge >= 0.3 is 17.9 Å². The van der Waals surface area contributed by atoms with Gasteiger partial charge in [-0.25, -0.2) is 0 Å². The van der Waals surface area contributed by atoms with Gasteiger partial charge in [-0.3, -0.25) is 14.4 Å². The molecule has 0 saturated carbocycles. The van der Waals surface area contributed by atoms with Crippen LogP contribution in [0.15, 0.2) is 122 Å². The van der Waals surface area contributed by atoms with Crippen LogP contribution in [-0.2, 0) is 28.6 Å². The normalized spacial score (nSPS) is 13.1. The SMILES string of the molecule is CC/C=C\C/C=C\C/C=C\C/C=C\C/C=C\CCCC(=O)OC(COC(=O)CCC/C=C\CCCCCC)COC(=O)CCCCCCC\C=C/C=C\C=C/C=C\CCCCC. The molecule has 0 aliphatic carbocycles. The summed E-state index contributed by atoms with van der Waals surface area (Å²) in [5, 5.41) is 0. The van der Waals surface area contributed by atoms with Crippen molar-refractivity contribution in [3.8, 4) is 0 Å². The Bertz CT molecular complexity index is 1350. The maximum absolute atomic E-state index is 12.7. The Hall–Kier alpha value is -4.19. The van der Waals surface area contributed by atoms with E-state index >= 15 is 0 Å². The Morgan fingerprint density at radius 2 is 0.710 bits per heavy atom. The first-order chi connectivity index (χ1) is 30.5. The van der Waals surface area contributed by atoms with Crippen LogP contribution in [0.4, 0.5) is 0 Å². The highest BCUT2D eigenvalue weighted by molar-refractivity contribution is 5.71. The van der Waals surface area contributed by atoms with E-state index < -0.39 is 6.10 Å². The predicted molar refractivity (Wildman–Crippen MR) is 265 cm³/mol. The van der Waals surface area contributed by atoms with Gasteiger partial charge in [0.1, 0.15) is 13.2 Å². The molecule has 0 aromatic heterocycles. The number of esters is 3. The minimum absolute atomic E-state index is 0.125. The monoisotopic (exact) mass is 857 g/mol. The molecule has 1 atom stereocenters. The van der Waals surface area contributed by atoms with Crippen LogP contribution in [-0.4, -0.2) is 37.2 Å². The Kier molecular flexibility index (Phi) is 46.1. The van der Waals surface area contributed by atoms with E-state index in [0.717, 1.165) is 96.3 Å². The van der Waals surface area contributed by atoms with Crippen LogP contribution < -0.4 is 0 Å². The van der Waals surface area contributed by atoms with Gasteiger partial charge in [0.2, 0.25) is 0 Å². The molecule has 0 aromatic carbocycles. The van der Waals surface area contributed by atoms with Crippen molar-refractivity contribution in [2.24, 2.45) is 0 Å². The summed E-state index contributed by atoms with van der Waals surface area (Å²) in [6.07, 6.45) is 67.6. The molecule has 6 heteroatoms. The molecular formula is C56H88O6. The van der Waals surface area contributed by atoms with Gasteiger partial charge in [0, 0.05) is 19.3 Å². The molecule has 0 N–H and O–H groups in total. The van der Waals surface area contributed by atoms with Gasteiger partial charge in [0.05, 0.1) is 0 Å². The van der Waals surface area contributed by atoms with Crippen LogP contribution in [0.25, 0.3) is 0 Å². The van der Waals surface area contributed by atoms with Crippen LogP contribution in [0.5, 0.6) is 0 Å². The second-order valence-corrected chi connectivity index (χ2v) is 15.7. The van der Waals surface area contributed by atoms with E-state index in [1.165, 1.54) is 44.9 Å². The number of hydrogen-bond donors (Lipinski definition) is 0. The third-order valence-corrected chi connectivity index (χ3v) is 9.76. The van der Waals surface area contributed by atoms with E-state index in [4.69, 9.17) is 14.2 Å². The van der Waals surface area contributed by atoms with Crippen LogP contribution in [0.2, 0.25) is 0 Å². The lowest BCUT2D eigenvalue weighted by Crippen LogP contribution is -2.30. The first-order valence-corrected chi connectivity index (χ1v) is 24.6. The number of carbonyl (C=O) groups is 3. The van der Waals surface area contributed by atoms with Gasteiger partial charge in [-0.1, -0.05) is 194 Å². The lowest BCUT2D eigenvalue weighted by molar-refractivity contribution is -0.167. The minimum Gasteiger partial charge on any atom is -0.462 e. The molecule has 0 radical (unpaired) electrons. The van der Waals surface area contributed by atoms with Crippen molar-refractivity contribution in [3.63, 3.8) is 0 Å². The maximum Gasteiger partial charge on any atom is 0.306 e. The smallest absolute Gasteiger partial charge is 0.306 e. The summed E-state index contributed by atoms with van der Waals surface area (Å²) in [5.41, 5.74) is 0. The lowest BCUT2D eigenvalue weighted by Gasteiger charge is -2.18. The summed E-state index contributed by atoms with van der Waals surface area (Å²) >= 11 is 0. The standard InChI is InChI=1S/C56H88O6/c1-4-7-10-13-16-19-21-23-25-27-29-30-32-34-37-40-43-46-49-55(58)61-52-53(51-60-54(57)48-45-42-39-36-18-15-12-9-6-3)62-56(59)50-47-44-41-38-35-33-31-28-26-24-22-20-17-14-11-8-5-2/h8,11,16-17,19-21,23-27,29-31,33,36,38-39,41,53H,4-7,9-10,12-15,18,22,28,32,34-35,37,40,42-52H2,1-3H3/b11-8-,19-16-,20-17-,23-21-,26-24-,27-25-,30-29-,33-31-,39-36-,41-38-. The summed E-state index contributed by atoms with van der Waals surface area (Å²) in [6.45, 7) is 6.33. The molecule has 0 heterocycles. The number of hydrogen-bond acceptors (Lipinski definition) is 6. The molecule has 0 spiro atoms. The zero-order valence-electron chi connectivity index (χ0n) is 39.6. The average molecular weight is 857 g/mol. The molecule has 0 aliphatic rings. The van der Waals surface area contributed by atoms with Crippen molar-refractivity contribution in [3.05, 3.63) is 122 Å². The van der Waals surface area contributed by atoms with Gasteiger partial charge < -0.3 is 14.2 Å². The van der Waals surface area contributed by atoms with Gasteiger partial charge in [-0.2, -0.15) is 0 Å². The predicted octanol–water partition coefficient (Wildman–Crippen LogP) is 16.1. The Morgan fingerprint density at radius 3 is 1.24 bits per heavy atom. The molecular weight excluding hydrogens is 769 g/mol. The third kappa shape index (κ3) is 46.9. The first-order valence-electron chi connectivity index (χ1n) is 24.6. The summed E-state index contributed by atoms with van der Waals surface area (Å²) in [6, 6.07) is 0. The highest BCUT2D eigenvalue weighted by Crippen LogP contribution is 2.11. The number of unbranched alkanes of at least 4 members (excludes halogenated alkanes) is 14. The van der Waals surface area contributed by atoms with E-state index in [1.807, 2.05) is 0 Å². The second-order valence-electron chi connectivity index (χ2n) is 15.7. The second kappa shape index (κ2) is 49.5. The maximum atomic E-state index is 12.7. The van der Waals surface area contributed by atoms with Crippen LogP contribution in [0.3, 0.4) is 0 Å². The molecule has 1 unspecified atom stereocenters. The fourth-order valence-electron chi connectivity index (χ4n) is 6.08. The van der Waals surface area contributed by atoms with Crippen molar-refractivity contribution in [1.82, 2.24) is 0 Å². The average Bonchev–Trinajstić information content (AvgIpc) is 3.27. The van der Waals surface area contributed by atoms with Gasteiger partial charge in [0.15, 0.2) is 6.10 Å². The topological polar surface area (TPSA) is 78.9 Å². The zero-order valence-corrected chi connectivity index (χ0v) is 39.6. The summed E-state index contributed by atoms with van der Waals surface area (Å²) in [4.78, 5) is 37.8. The Balaban J connectivity index is 4.54. The molecule has 348 valence electrons. The van der Waals surface area contributed by atoms with Crippen LogP contribution in [0, 0.1) is 0 Å². The van der Waals surface area contributed by atoms with Crippen molar-refractivity contribution in [2.45, 2.75) is 200 Å². The fraction of sp³-hybridized carbons (Fsp3) is 0.589. The number of carbonyl (C=O) groups excluding carboxylic acids is 3. The van der Waals surface area contributed by atoms with Gasteiger partial charge in [-0.05, 0) is 103 Å². The summed E-state index contributed by atoms with van der Waals surface area (Å²) in [7, 11) is 0. The Labute approximate surface area is 380 Å². The highest BCUT2D eigenvalue weighted by atomic mass is 16.6. The zero-order chi connectivity index (χ0) is 45.1. The molecule has 6 nitrogen and oxygen atoms in total. The van der Waals surface area contributed by atoms with E-state index in [0.29, 0.717) is 19.3 Å². The Morgan fingerprint density at radius 1 is 0.355 bits per heavy atom. The molecule has 0 aliphatic heterocycles. The van der Waals surface area contributed by atoms with Crippen molar-refractivity contribution < 1.29 is 28.6 Å². The number of allylic oxidation sites excluding steroid dienone is 20. The molecule has 62 heavy (non-hydrogen) atoms. The quantitative estimate of drug-likeness (QED) is 0.0200. The van der Waals surface area contributed by atoms with E-state index in [2.05, 4.69) is 142 Å². The molecule has 0 bridgehead atoms. The number of ether oxygens (including phenoxy) is 3. The minimum atomic E-state index is -0.830. The molecule has 0 fully saturated rings. The third-order valence-electron chi connectivity index (χ3n) is 9.76. The van der Waals surface area contributed by atoms with E-state index in [-0.39, 0.29) is 44.0 Å². The van der Waals surface area contributed by atoms with Gasteiger partial charge in [-0.15, -0.1) is 0 Å². The summed E-state index contributed by atoms with van der Waals surface area (Å²) < 4.78 is 16.6. The largest absolute Gasteiger partial charge is 0.462 e. The fourth-order valence-corrected chi connectivity index (χ4v) is 6.08. The molecule has 0 rings (SSSR count). The van der Waals surface area contributed by atoms with Gasteiger partial charge in [0.25, 0.3) is 0 Å².